The van der Waals surface area contributed by atoms with Crippen LogP contribution in [0.3, 0.4) is 0 Å². The van der Waals surface area contributed by atoms with Gasteiger partial charge in [0.1, 0.15) is 5.75 Å². The number of amides is 1. The molecule has 0 aliphatic rings. The summed E-state index contributed by atoms with van der Waals surface area (Å²) in [6.07, 6.45) is -0.634. The molecule has 0 fully saturated rings. The maximum Gasteiger partial charge on any atom is 0.261 e. The van der Waals surface area contributed by atoms with Gasteiger partial charge in [-0.2, -0.15) is 4.98 Å². The lowest BCUT2D eigenvalue weighted by Gasteiger charge is -2.16. The molecular weight excluding hydrogens is 342 g/mol. The zero-order valence-corrected chi connectivity index (χ0v) is 15.9. The fourth-order valence-corrected chi connectivity index (χ4v) is 2.53. The molecule has 3 aromatic rings. The van der Waals surface area contributed by atoms with E-state index in [2.05, 4.69) is 15.5 Å². The molecule has 0 saturated carbocycles. The predicted octanol–water partition coefficient (Wildman–Crippen LogP) is 3.75. The molecule has 140 valence electrons. The van der Waals surface area contributed by atoms with Gasteiger partial charge in [-0.15, -0.1) is 0 Å². The normalized spacial score (nSPS) is 11.9. The minimum absolute atomic E-state index is 0.151. The Hall–Kier alpha value is -3.15. The summed E-state index contributed by atoms with van der Waals surface area (Å²) in [5.74, 6) is 1.31. The number of carbonyl (C=O) groups is 1. The Bertz CT molecular complexity index is 932. The van der Waals surface area contributed by atoms with Crippen LogP contribution in [-0.2, 0) is 11.3 Å². The van der Waals surface area contributed by atoms with Crippen molar-refractivity contribution < 1.29 is 14.1 Å². The fourth-order valence-electron chi connectivity index (χ4n) is 2.53. The Kier molecular flexibility index (Phi) is 5.54. The number of rotatable bonds is 6. The SMILES string of the molecule is Cc1ccc(-c2noc(CNC(=O)[C@@H](C)Oc3cc(C)ccc3C)n2)cc1. The van der Waals surface area contributed by atoms with E-state index in [1.54, 1.807) is 6.92 Å². The summed E-state index contributed by atoms with van der Waals surface area (Å²) in [6, 6.07) is 13.7. The first-order valence-corrected chi connectivity index (χ1v) is 8.83. The number of nitrogens with zero attached hydrogens (tertiary/aromatic N) is 2. The van der Waals surface area contributed by atoms with Crippen LogP contribution in [0.1, 0.15) is 29.5 Å². The highest BCUT2D eigenvalue weighted by Gasteiger charge is 2.17. The highest BCUT2D eigenvalue weighted by atomic mass is 16.5. The molecule has 0 aliphatic carbocycles. The molecular formula is C21H23N3O3. The first kappa shape index (κ1) is 18.6. The molecule has 27 heavy (non-hydrogen) atoms. The van der Waals surface area contributed by atoms with Gasteiger partial charge in [0, 0.05) is 5.56 Å². The van der Waals surface area contributed by atoms with Crippen molar-refractivity contribution in [3.05, 3.63) is 65.0 Å². The number of ether oxygens (including phenoxy) is 1. The van der Waals surface area contributed by atoms with E-state index in [-0.39, 0.29) is 12.5 Å². The number of aryl methyl sites for hydroxylation is 3. The van der Waals surface area contributed by atoms with Crippen LogP contribution >= 0.6 is 0 Å². The fraction of sp³-hybridized carbons (Fsp3) is 0.286. The van der Waals surface area contributed by atoms with Crippen molar-refractivity contribution in [2.45, 2.75) is 40.3 Å². The van der Waals surface area contributed by atoms with E-state index in [1.165, 1.54) is 0 Å². The standard InChI is InChI=1S/C21H23N3O3/c1-13-6-9-17(10-7-13)20-23-19(27-24-20)12-22-21(25)16(4)26-18-11-14(2)5-8-15(18)3/h5-11,16H,12H2,1-4H3,(H,22,25)/t16-/m1/s1. The lowest BCUT2D eigenvalue weighted by atomic mass is 10.1. The molecule has 1 atom stereocenters. The summed E-state index contributed by atoms with van der Waals surface area (Å²) in [5, 5.41) is 6.73. The Morgan fingerprint density at radius 1 is 1.11 bits per heavy atom. The maximum absolute atomic E-state index is 12.3. The van der Waals surface area contributed by atoms with Crippen molar-refractivity contribution in [3.63, 3.8) is 0 Å². The lowest BCUT2D eigenvalue weighted by Crippen LogP contribution is -2.36. The Labute approximate surface area is 158 Å². The van der Waals surface area contributed by atoms with E-state index < -0.39 is 6.10 Å². The number of benzene rings is 2. The summed E-state index contributed by atoms with van der Waals surface area (Å²) >= 11 is 0. The van der Waals surface area contributed by atoms with Crippen LogP contribution in [0.25, 0.3) is 11.4 Å². The Morgan fingerprint density at radius 2 is 1.81 bits per heavy atom. The summed E-state index contributed by atoms with van der Waals surface area (Å²) < 4.78 is 11.0. The highest BCUT2D eigenvalue weighted by Crippen LogP contribution is 2.20. The number of aromatic nitrogens is 2. The summed E-state index contributed by atoms with van der Waals surface area (Å²) in [5.41, 5.74) is 4.10. The second-order valence-electron chi connectivity index (χ2n) is 6.62. The van der Waals surface area contributed by atoms with E-state index >= 15 is 0 Å². The molecule has 1 amide bonds. The second kappa shape index (κ2) is 8.03. The first-order chi connectivity index (χ1) is 12.9. The van der Waals surface area contributed by atoms with Crippen LogP contribution in [0, 0.1) is 20.8 Å². The van der Waals surface area contributed by atoms with Gasteiger partial charge in [0.25, 0.3) is 5.91 Å². The zero-order chi connectivity index (χ0) is 19.4. The lowest BCUT2D eigenvalue weighted by molar-refractivity contribution is -0.127. The van der Waals surface area contributed by atoms with E-state index in [4.69, 9.17) is 9.26 Å². The molecule has 3 rings (SSSR count). The molecule has 0 unspecified atom stereocenters. The Balaban J connectivity index is 1.57. The number of hydrogen-bond donors (Lipinski definition) is 1. The van der Waals surface area contributed by atoms with Crippen molar-refractivity contribution in [2.24, 2.45) is 0 Å². The Morgan fingerprint density at radius 3 is 2.56 bits per heavy atom. The van der Waals surface area contributed by atoms with E-state index in [1.807, 2.05) is 63.2 Å². The average molecular weight is 365 g/mol. The van der Waals surface area contributed by atoms with E-state index in [0.29, 0.717) is 17.5 Å². The molecule has 0 radical (unpaired) electrons. The molecule has 1 heterocycles. The van der Waals surface area contributed by atoms with Crippen molar-refractivity contribution in [1.82, 2.24) is 15.5 Å². The van der Waals surface area contributed by atoms with Gasteiger partial charge in [-0.3, -0.25) is 4.79 Å². The zero-order valence-electron chi connectivity index (χ0n) is 15.9. The molecule has 2 aromatic carbocycles. The highest BCUT2D eigenvalue weighted by molar-refractivity contribution is 5.80. The van der Waals surface area contributed by atoms with Gasteiger partial charge in [-0.05, 0) is 44.9 Å². The summed E-state index contributed by atoms with van der Waals surface area (Å²) in [6.45, 7) is 7.81. The molecule has 6 nitrogen and oxygen atoms in total. The van der Waals surface area contributed by atoms with Crippen molar-refractivity contribution >= 4 is 5.91 Å². The third-order valence-electron chi connectivity index (χ3n) is 4.21. The van der Waals surface area contributed by atoms with E-state index in [0.717, 1.165) is 22.3 Å². The van der Waals surface area contributed by atoms with Crippen molar-refractivity contribution in [1.29, 1.82) is 0 Å². The minimum Gasteiger partial charge on any atom is -0.481 e. The van der Waals surface area contributed by atoms with Gasteiger partial charge in [0.15, 0.2) is 6.10 Å². The van der Waals surface area contributed by atoms with Crippen LogP contribution < -0.4 is 10.1 Å². The van der Waals surface area contributed by atoms with Gasteiger partial charge in [0.2, 0.25) is 11.7 Å². The molecule has 0 spiro atoms. The second-order valence-corrected chi connectivity index (χ2v) is 6.62. The largest absolute Gasteiger partial charge is 0.481 e. The number of nitrogens with one attached hydrogen (secondary N) is 1. The average Bonchev–Trinajstić information content (AvgIpc) is 3.12. The summed E-state index contributed by atoms with van der Waals surface area (Å²) in [4.78, 5) is 16.6. The van der Waals surface area contributed by atoms with Crippen LogP contribution in [0.15, 0.2) is 47.0 Å². The number of hydrogen-bond acceptors (Lipinski definition) is 5. The van der Waals surface area contributed by atoms with Gasteiger partial charge < -0.3 is 14.6 Å². The first-order valence-electron chi connectivity index (χ1n) is 8.83. The molecule has 0 saturated heterocycles. The van der Waals surface area contributed by atoms with Gasteiger partial charge in [-0.25, -0.2) is 0 Å². The van der Waals surface area contributed by atoms with Crippen LogP contribution in [-0.4, -0.2) is 22.2 Å². The third-order valence-corrected chi connectivity index (χ3v) is 4.21. The van der Waals surface area contributed by atoms with Crippen LogP contribution in [0.5, 0.6) is 5.75 Å². The summed E-state index contributed by atoms with van der Waals surface area (Å²) in [7, 11) is 0. The molecule has 6 heteroatoms. The monoisotopic (exact) mass is 365 g/mol. The third kappa shape index (κ3) is 4.73. The number of carbonyl (C=O) groups excluding carboxylic acids is 1. The van der Waals surface area contributed by atoms with Gasteiger partial charge in [0.05, 0.1) is 6.54 Å². The predicted molar refractivity (Wildman–Crippen MR) is 102 cm³/mol. The van der Waals surface area contributed by atoms with Crippen LogP contribution in [0.2, 0.25) is 0 Å². The van der Waals surface area contributed by atoms with Crippen molar-refractivity contribution in [2.75, 3.05) is 0 Å². The van der Waals surface area contributed by atoms with Crippen LogP contribution in [0.4, 0.5) is 0 Å². The molecule has 0 aliphatic heterocycles. The van der Waals surface area contributed by atoms with Gasteiger partial charge in [-0.1, -0.05) is 47.1 Å². The van der Waals surface area contributed by atoms with Gasteiger partial charge >= 0.3 is 0 Å². The van der Waals surface area contributed by atoms with E-state index in [9.17, 15) is 4.79 Å². The quantitative estimate of drug-likeness (QED) is 0.720. The van der Waals surface area contributed by atoms with Crippen molar-refractivity contribution in [3.8, 4) is 17.1 Å². The maximum atomic E-state index is 12.3. The topological polar surface area (TPSA) is 77.2 Å². The molecule has 1 aromatic heterocycles. The molecule has 0 bridgehead atoms. The minimum atomic E-state index is -0.634. The smallest absolute Gasteiger partial charge is 0.261 e. The molecule has 1 N–H and O–H groups in total.